The average molecular weight is 514 g/mol. The van der Waals surface area contributed by atoms with E-state index in [1.807, 2.05) is 54.6 Å². The highest BCUT2D eigenvalue weighted by Crippen LogP contribution is 2.54. The van der Waals surface area contributed by atoms with E-state index in [9.17, 15) is 5.11 Å². The Labute approximate surface area is 207 Å². The number of phenolic OH excluding ortho intramolecular Hbond substituents is 1. The molecule has 1 atom stereocenters. The third-order valence-corrected chi connectivity index (χ3v) is 8.15. The van der Waals surface area contributed by atoms with E-state index in [0.29, 0.717) is 43.7 Å². The number of hydrogen-bond donors (Lipinski definition) is 1. The molecule has 2 saturated heterocycles. The van der Waals surface area contributed by atoms with Crippen LogP contribution in [0.2, 0.25) is 0 Å². The summed E-state index contributed by atoms with van der Waals surface area (Å²) in [4.78, 5) is 0. The molecule has 3 aromatic carbocycles. The van der Waals surface area contributed by atoms with Crippen LogP contribution in [0.15, 0.2) is 72.8 Å². The van der Waals surface area contributed by atoms with Crippen LogP contribution in [0.4, 0.5) is 0 Å². The van der Waals surface area contributed by atoms with Crippen molar-refractivity contribution < 1.29 is 32.2 Å². The van der Waals surface area contributed by atoms with Crippen molar-refractivity contribution in [2.75, 3.05) is 19.8 Å². The molecule has 1 unspecified atom stereocenters. The standard InChI is InChI=1S/C26H28O7P2/c1-19(2)24-13-12-23(16-25(24)20-8-10-21(27)11-9-20)32-34-29-17-26(18-30-34)14-15-28-35(33-26)31-22-6-4-3-5-7-22/h3-13,16,19,27H,14-15,17-18H2,1-2H3. The summed E-state index contributed by atoms with van der Waals surface area (Å²) in [7, 11) is -3.10. The Kier molecular flexibility index (Phi) is 7.54. The number of rotatable bonds is 6. The molecule has 2 aliphatic rings. The first kappa shape index (κ1) is 24.5. The third kappa shape index (κ3) is 5.95. The molecule has 184 valence electrons. The van der Waals surface area contributed by atoms with Gasteiger partial charge in [0.25, 0.3) is 0 Å². The van der Waals surface area contributed by atoms with Crippen LogP contribution in [0.25, 0.3) is 11.1 Å². The topological polar surface area (TPSA) is 75.6 Å². The zero-order chi connectivity index (χ0) is 24.3. The van der Waals surface area contributed by atoms with E-state index in [0.717, 1.165) is 11.1 Å². The second-order valence-corrected chi connectivity index (χ2v) is 11.0. The Bertz CT molecular complexity index is 1120. The highest BCUT2D eigenvalue weighted by atomic mass is 31.2. The zero-order valence-electron chi connectivity index (χ0n) is 19.6. The molecule has 5 rings (SSSR count). The summed E-state index contributed by atoms with van der Waals surface area (Å²) in [6.45, 7) is 5.50. The molecule has 0 amide bonds. The summed E-state index contributed by atoms with van der Waals surface area (Å²) in [5.41, 5.74) is 2.65. The van der Waals surface area contributed by atoms with Crippen molar-refractivity contribution in [1.29, 1.82) is 0 Å². The van der Waals surface area contributed by atoms with Gasteiger partial charge in [-0.25, -0.2) is 0 Å². The largest absolute Gasteiger partial charge is 0.508 e. The molecule has 0 bridgehead atoms. The fourth-order valence-electron chi connectivity index (χ4n) is 3.89. The van der Waals surface area contributed by atoms with Crippen LogP contribution in [0, 0.1) is 0 Å². The van der Waals surface area contributed by atoms with Gasteiger partial charge in [0.1, 0.15) is 22.8 Å². The summed E-state index contributed by atoms with van der Waals surface area (Å²) in [5.74, 6) is 1.94. The van der Waals surface area contributed by atoms with E-state index in [2.05, 4.69) is 19.9 Å². The molecule has 35 heavy (non-hydrogen) atoms. The van der Waals surface area contributed by atoms with Gasteiger partial charge in [-0.05, 0) is 59.0 Å². The summed E-state index contributed by atoms with van der Waals surface area (Å²) in [5, 5.41) is 9.67. The lowest BCUT2D eigenvalue weighted by molar-refractivity contribution is -0.0902. The monoisotopic (exact) mass is 514 g/mol. The normalized spacial score (nSPS) is 24.4. The Morgan fingerprint density at radius 2 is 1.54 bits per heavy atom. The molecule has 0 saturated carbocycles. The van der Waals surface area contributed by atoms with Crippen molar-refractivity contribution in [3.8, 4) is 28.4 Å². The first-order valence-electron chi connectivity index (χ1n) is 11.5. The van der Waals surface area contributed by atoms with Crippen molar-refractivity contribution in [3.63, 3.8) is 0 Å². The van der Waals surface area contributed by atoms with Gasteiger partial charge in [-0.1, -0.05) is 50.2 Å². The second kappa shape index (κ2) is 10.8. The molecule has 2 fully saturated rings. The van der Waals surface area contributed by atoms with Crippen molar-refractivity contribution in [2.45, 2.75) is 31.8 Å². The summed E-state index contributed by atoms with van der Waals surface area (Å²) < 4.78 is 35.7. The number of benzene rings is 3. The van der Waals surface area contributed by atoms with Gasteiger partial charge in [0.2, 0.25) is 0 Å². The van der Waals surface area contributed by atoms with Gasteiger partial charge in [-0.15, -0.1) is 0 Å². The Hall–Kier alpha value is -2.24. The molecular weight excluding hydrogens is 486 g/mol. The van der Waals surface area contributed by atoms with E-state index in [4.69, 9.17) is 27.1 Å². The fourth-order valence-corrected chi connectivity index (χ4v) is 6.23. The number of hydrogen-bond acceptors (Lipinski definition) is 7. The molecule has 0 aromatic heterocycles. The van der Waals surface area contributed by atoms with Crippen LogP contribution in [0.3, 0.4) is 0 Å². The summed E-state index contributed by atoms with van der Waals surface area (Å²) >= 11 is 0. The smallest absolute Gasteiger partial charge is 0.397 e. The van der Waals surface area contributed by atoms with Gasteiger partial charge in [0.15, 0.2) is 0 Å². The molecule has 7 nitrogen and oxygen atoms in total. The maximum atomic E-state index is 9.67. The van der Waals surface area contributed by atoms with Crippen molar-refractivity contribution >= 4 is 17.2 Å². The molecule has 2 aliphatic heterocycles. The molecule has 1 N–H and O–H groups in total. The van der Waals surface area contributed by atoms with Gasteiger partial charge in [-0.3, -0.25) is 13.6 Å². The Balaban J connectivity index is 1.23. The number of para-hydroxylation sites is 1. The first-order chi connectivity index (χ1) is 17.0. The van der Waals surface area contributed by atoms with Crippen molar-refractivity contribution in [3.05, 3.63) is 78.4 Å². The van der Waals surface area contributed by atoms with Crippen molar-refractivity contribution in [2.24, 2.45) is 0 Å². The highest BCUT2D eigenvalue weighted by Gasteiger charge is 2.46. The maximum absolute atomic E-state index is 9.67. The number of phenols is 1. The van der Waals surface area contributed by atoms with Crippen molar-refractivity contribution in [1.82, 2.24) is 0 Å². The van der Waals surface area contributed by atoms with Gasteiger partial charge in [0, 0.05) is 6.42 Å². The molecule has 9 heteroatoms. The quantitative estimate of drug-likeness (QED) is 0.346. The SMILES string of the molecule is CC(C)c1ccc(OP2OCC3(CCOP(Oc4ccccc4)O3)CO2)cc1-c1ccc(O)cc1. The van der Waals surface area contributed by atoms with Crippen LogP contribution in [0.5, 0.6) is 17.2 Å². The summed E-state index contributed by atoms with van der Waals surface area (Å²) in [6.07, 6.45) is 0.654. The fraction of sp³-hybridized carbons (Fsp3) is 0.308. The van der Waals surface area contributed by atoms with E-state index in [-0.39, 0.29) is 5.75 Å². The molecular formula is C26H28O7P2. The third-order valence-electron chi connectivity index (χ3n) is 5.82. The Morgan fingerprint density at radius 1 is 0.829 bits per heavy atom. The van der Waals surface area contributed by atoms with Crippen LogP contribution in [-0.2, 0) is 18.1 Å². The van der Waals surface area contributed by atoms with Crippen LogP contribution >= 0.6 is 17.2 Å². The maximum Gasteiger partial charge on any atom is 0.397 e. The minimum atomic E-state index is -1.57. The van der Waals surface area contributed by atoms with E-state index < -0.39 is 22.8 Å². The van der Waals surface area contributed by atoms with Gasteiger partial charge in [0.05, 0.1) is 19.8 Å². The Morgan fingerprint density at radius 3 is 2.26 bits per heavy atom. The minimum absolute atomic E-state index is 0.238. The lowest BCUT2D eigenvalue weighted by Crippen LogP contribution is -2.47. The number of aromatic hydroxyl groups is 1. The lowest BCUT2D eigenvalue weighted by atomic mass is 9.92. The van der Waals surface area contributed by atoms with Gasteiger partial charge >= 0.3 is 17.2 Å². The molecule has 0 radical (unpaired) electrons. The average Bonchev–Trinajstić information content (AvgIpc) is 2.87. The van der Waals surface area contributed by atoms with Gasteiger partial charge in [-0.2, -0.15) is 0 Å². The molecule has 3 aromatic rings. The van der Waals surface area contributed by atoms with Crippen LogP contribution in [-0.4, -0.2) is 30.5 Å². The van der Waals surface area contributed by atoms with Gasteiger partial charge < -0.3 is 18.7 Å². The van der Waals surface area contributed by atoms with E-state index in [1.54, 1.807) is 12.1 Å². The zero-order valence-corrected chi connectivity index (χ0v) is 21.4. The highest BCUT2D eigenvalue weighted by molar-refractivity contribution is 7.42. The predicted octanol–water partition coefficient (Wildman–Crippen LogP) is 7.32. The molecule has 2 heterocycles. The molecule has 1 spiro atoms. The second-order valence-electron chi connectivity index (χ2n) is 8.80. The minimum Gasteiger partial charge on any atom is -0.508 e. The lowest BCUT2D eigenvalue weighted by Gasteiger charge is -2.41. The van der Waals surface area contributed by atoms with Crippen LogP contribution < -0.4 is 9.05 Å². The predicted molar refractivity (Wildman–Crippen MR) is 135 cm³/mol. The van der Waals surface area contributed by atoms with Crippen LogP contribution in [0.1, 0.15) is 31.7 Å². The van der Waals surface area contributed by atoms with E-state index >= 15 is 0 Å². The van der Waals surface area contributed by atoms with E-state index in [1.165, 1.54) is 5.56 Å². The molecule has 0 aliphatic carbocycles. The first-order valence-corrected chi connectivity index (χ1v) is 13.7. The summed E-state index contributed by atoms with van der Waals surface area (Å²) in [6, 6.07) is 22.7.